The third kappa shape index (κ3) is 3.56. The Kier molecular flexibility index (Phi) is 5.72. The summed E-state index contributed by atoms with van der Waals surface area (Å²) in [6.07, 6.45) is 4.60. The van der Waals surface area contributed by atoms with E-state index in [0.29, 0.717) is 13.0 Å². The van der Waals surface area contributed by atoms with Crippen molar-refractivity contribution in [3.05, 3.63) is 0 Å². The van der Waals surface area contributed by atoms with Crippen LogP contribution >= 0.6 is 11.8 Å². The van der Waals surface area contributed by atoms with E-state index in [2.05, 4.69) is 22.9 Å². The smallest absolute Gasteiger partial charge is 0.322 e. The largest absolute Gasteiger partial charge is 0.355 e. The zero-order chi connectivity index (χ0) is 16.2. The predicted molar refractivity (Wildman–Crippen MR) is 86.6 cm³/mol. The molecule has 22 heavy (non-hydrogen) atoms. The van der Waals surface area contributed by atoms with Gasteiger partial charge in [-0.05, 0) is 31.9 Å². The molecule has 6 nitrogen and oxygen atoms in total. The molecule has 3 unspecified atom stereocenters. The van der Waals surface area contributed by atoms with Crippen molar-refractivity contribution in [2.45, 2.75) is 56.7 Å². The summed E-state index contributed by atoms with van der Waals surface area (Å²) < 4.78 is 0. The molecule has 1 heterocycles. The van der Waals surface area contributed by atoms with Gasteiger partial charge in [0.2, 0.25) is 5.91 Å². The number of carbonyl (C=O) groups is 3. The lowest BCUT2D eigenvalue weighted by Crippen LogP contribution is -2.53. The Morgan fingerprint density at radius 2 is 2.27 bits per heavy atom. The second kappa shape index (κ2) is 7.35. The SMILES string of the molecule is CCCCSC(C)C(=O)NCC1CCCC12NC(=O)NC2=O. The topological polar surface area (TPSA) is 87.3 Å². The molecule has 2 fully saturated rings. The lowest BCUT2D eigenvalue weighted by atomic mass is 9.87. The number of nitrogens with one attached hydrogen (secondary N) is 3. The van der Waals surface area contributed by atoms with E-state index in [9.17, 15) is 14.4 Å². The summed E-state index contributed by atoms with van der Waals surface area (Å²) in [6, 6.07) is -0.424. The zero-order valence-corrected chi connectivity index (χ0v) is 14.1. The summed E-state index contributed by atoms with van der Waals surface area (Å²) in [7, 11) is 0. The van der Waals surface area contributed by atoms with Gasteiger partial charge in [-0.3, -0.25) is 14.9 Å². The zero-order valence-electron chi connectivity index (χ0n) is 13.2. The summed E-state index contributed by atoms with van der Waals surface area (Å²) in [5.41, 5.74) is -0.817. The molecule has 124 valence electrons. The van der Waals surface area contributed by atoms with Crippen LogP contribution < -0.4 is 16.0 Å². The average molecular weight is 327 g/mol. The summed E-state index contributed by atoms with van der Waals surface area (Å²) in [4.78, 5) is 35.6. The molecule has 1 saturated carbocycles. The highest BCUT2D eigenvalue weighted by Gasteiger charge is 2.54. The first kappa shape index (κ1) is 17.1. The molecule has 1 aliphatic heterocycles. The van der Waals surface area contributed by atoms with Gasteiger partial charge >= 0.3 is 6.03 Å². The van der Waals surface area contributed by atoms with Crippen LogP contribution in [0, 0.1) is 5.92 Å². The minimum atomic E-state index is -0.817. The van der Waals surface area contributed by atoms with Crippen molar-refractivity contribution in [3.8, 4) is 0 Å². The highest BCUT2D eigenvalue weighted by atomic mass is 32.2. The fourth-order valence-electron chi connectivity index (χ4n) is 3.17. The normalized spacial score (nSPS) is 28.5. The van der Waals surface area contributed by atoms with Gasteiger partial charge in [0.1, 0.15) is 5.54 Å². The van der Waals surface area contributed by atoms with Crippen LogP contribution in [0.1, 0.15) is 46.0 Å². The fourth-order valence-corrected chi connectivity index (χ4v) is 4.21. The molecular weight excluding hydrogens is 302 g/mol. The fraction of sp³-hybridized carbons (Fsp3) is 0.800. The Labute approximate surface area is 135 Å². The van der Waals surface area contributed by atoms with E-state index in [-0.39, 0.29) is 23.0 Å². The van der Waals surface area contributed by atoms with Gasteiger partial charge in [-0.2, -0.15) is 0 Å². The lowest BCUT2D eigenvalue weighted by molar-refractivity contribution is -0.126. The van der Waals surface area contributed by atoms with Crippen molar-refractivity contribution in [1.29, 1.82) is 0 Å². The first-order valence-electron chi connectivity index (χ1n) is 8.02. The molecule has 3 atom stereocenters. The lowest BCUT2D eigenvalue weighted by Gasteiger charge is -2.28. The molecular formula is C15H25N3O3S. The van der Waals surface area contributed by atoms with Gasteiger partial charge in [0.05, 0.1) is 5.25 Å². The number of thioether (sulfide) groups is 1. The first-order valence-corrected chi connectivity index (χ1v) is 9.07. The summed E-state index contributed by atoms with van der Waals surface area (Å²) in [6.45, 7) is 4.47. The van der Waals surface area contributed by atoms with Crippen LogP contribution in [0.2, 0.25) is 0 Å². The molecule has 0 aromatic carbocycles. The molecule has 2 rings (SSSR count). The third-order valence-electron chi connectivity index (χ3n) is 4.55. The molecule has 0 aromatic rings. The van der Waals surface area contributed by atoms with E-state index in [1.807, 2.05) is 6.92 Å². The minimum Gasteiger partial charge on any atom is -0.355 e. The number of rotatable bonds is 7. The molecule has 0 bridgehead atoms. The molecule has 3 N–H and O–H groups in total. The van der Waals surface area contributed by atoms with Crippen LogP contribution in [0.3, 0.4) is 0 Å². The van der Waals surface area contributed by atoms with Crippen molar-refractivity contribution < 1.29 is 14.4 Å². The number of hydrogen-bond donors (Lipinski definition) is 3. The van der Waals surface area contributed by atoms with E-state index in [0.717, 1.165) is 31.4 Å². The van der Waals surface area contributed by atoms with Crippen LogP contribution in [0.25, 0.3) is 0 Å². The Morgan fingerprint density at radius 1 is 1.50 bits per heavy atom. The number of urea groups is 1. The van der Waals surface area contributed by atoms with Crippen LogP contribution in [0.15, 0.2) is 0 Å². The third-order valence-corrected chi connectivity index (χ3v) is 5.79. The average Bonchev–Trinajstić information content (AvgIpc) is 3.00. The van der Waals surface area contributed by atoms with E-state index < -0.39 is 11.6 Å². The first-order chi connectivity index (χ1) is 10.5. The van der Waals surface area contributed by atoms with E-state index in [4.69, 9.17) is 0 Å². The quantitative estimate of drug-likeness (QED) is 0.487. The second-order valence-electron chi connectivity index (χ2n) is 6.08. The number of carbonyl (C=O) groups excluding carboxylic acids is 3. The van der Waals surface area contributed by atoms with Crippen molar-refractivity contribution in [2.75, 3.05) is 12.3 Å². The molecule has 0 radical (unpaired) electrons. The predicted octanol–water partition coefficient (Wildman–Crippen LogP) is 1.40. The maximum atomic E-state index is 12.1. The molecule has 0 aromatic heterocycles. The summed E-state index contributed by atoms with van der Waals surface area (Å²) in [5, 5.41) is 7.95. The molecule has 4 amide bonds. The Morgan fingerprint density at radius 3 is 2.91 bits per heavy atom. The maximum Gasteiger partial charge on any atom is 0.322 e. The van der Waals surface area contributed by atoms with Crippen molar-refractivity contribution in [2.24, 2.45) is 5.92 Å². The van der Waals surface area contributed by atoms with Crippen LogP contribution in [0.4, 0.5) is 4.79 Å². The Bertz CT molecular complexity index is 457. The van der Waals surface area contributed by atoms with Gasteiger partial charge in [-0.25, -0.2) is 4.79 Å². The van der Waals surface area contributed by atoms with E-state index in [1.165, 1.54) is 0 Å². The number of imide groups is 1. The Balaban J connectivity index is 1.84. The molecule has 1 aliphatic carbocycles. The van der Waals surface area contributed by atoms with Gasteiger partial charge in [0.25, 0.3) is 5.91 Å². The molecule has 7 heteroatoms. The van der Waals surface area contributed by atoms with Crippen LogP contribution in [-0.2, 0) is 9.59 Å². The molecule has 1 saturated heterocycles. The standard InChI is InChI=1S/C15H25N3O3S/c1-3-4-8-22-10(2)12(19)16-9-11-6-5-7-15(11)13(20)17-14(21)18-15/h10-11H,3-9H2,1-2H3,(H,16,19)(H2,17,18,20,21). The van der Waals surface area contributed by atoms with Crippen molar-refractivity contribution in [3.63, 3.8) is 0 Å². The molecule has 2 aliphatic rings. The number of hydrogen-bond acceptors (Lipinski definition) is 4. The van der Waals surface area contributed by atoms with Crippen molar-refractivity contribution >= 4 is 29.6 Å². The van der Waals surface area contributed by atoms with Gasteiger partial charge in [-0.1, -0.05) is 19.8 Å². The maximum absolute atomic E-state index is 12.1. The number of unbranched alkanes of at least 4 members (excludes halogenated alkanes) is 1. The van der Waals surface area contributed by atoms with Gasteiger partial charge in [0.15, 0.2) is 0 Å². The highest BCUT2D eigenvalue weighted by Crippen LogP contribution is 2.37. The van der Waals surface area contributed by atoms with Crippen LogP contribution in [0.5, 0.6) is 0 Å². The van der Waals surface area contributed by atoms with Gasteiger partial charge in [0, 0.05) is 12.5 Å². The molecule has 1 spiro atoms. The van der Waals surface area contributed by atoms with E-state index >= 15 is 0 Å². The summed E-state index contributed by atoms with van der Waals surface area (Å²) >= 11 is 1.66. The van der Waals surface area contributed by atoms with Crippen LogP contribution in [-0.4, -0.2) is 40.9 Å². The van der Waals surface area contributed by atoms with E-state index in [1.54, 1.807) is 11.8 Å². The number of amides is 4. The second-order valence-corrected chi connectivity index (χ2v) is 7.53. The van der Waals surface area contributed by atoms with Gasteiger partial charge < -0.3 is 10.6 Å². The highest BCUT2D eigenvalue weighted by molar-refractivity contribution is 8.00. The van der Waals surface area contributed by atoms with Gasteiger partial charge in [-0.15, -0.1) is 11.8 Å². The van der Waals surface area contributed by atoms with Crippen molar-refractivity contribution in [1.82, 2.24) is 16.0 Å². The summed E-state index contributed by atoms with van der Waals surface area (Å²) in [5.74, 6) is 0.708. The minimum absolute atomic E-state index is 0.00730. The Hall–Kier alpha value is -1.24. The monoisotopic (exact) mass is 327 g/mol.